The molecule has 0 aliphatic rings. The first-order valence-corrected chi connectivity index (χ1v) is 7.02. The summed E-state index contributed by atoms with van der Waals surface area (Å²) in [6.45, 7) is 0. The van der Waals surface area contributed by atoms with Gasteiger partial charge in [0.1, 0.15) is 6.33 Å². The third kappa shape index (κ3) is 3.78. The molecule has 0 spiro atoms. The molecule has 3 aromatic rings. The van der Waals surface area contributed by atoms with Crippen molar-refractivity contribution in [1.82, 2.24) is 25.6 Å². The first kappa shape index (κ1) is 14.9. The van der Waals surface area contributed by atoms with Crippen molar-refractivity contribution >= 4 is 23.7 Å². The topological polar surface area (TPSA) is 85.1 Å². The molecule has 7 nitrogen and oxygen atoms in total. The Morgan fingerprint density at radius 2 is 2.04 bits per heavy atom. The van der Waals surface area contributed by atoms with Gasteiger partial charge in [0.15, 0.2) is 0 Å². The van der Waals surface area contributed by atoms with Crippen LogP contribution in [0, 0.1) is 0 Å². The highest BCUT2D eigenvalue weighted by Crippen LogP contribution is 2.09. The van der Waals surface area contributed by atoms with Crippen LogP contribution in [0.2, 0.25) is 5.02 Å². The lowest BCUT2D eigenvalue weighted by atomic mass is 10.2. The maximum atomic E-state index is 12.0. The van der Waals surface area contributed by atoms with Gasteiger partial charge in [-0.2, -0.15) is 5.10 Å². The van der Waals surface area contributed by atoms with Crippen molar-refractivity contribution in [1.29, 1.82) is 0 Å². The highest BCUT2D eigenvalue weighted by Gasteiger charge is 2.05. The van der Waals surface area contributed by atoms with Crippen LogP contribution in [0.3, 0.4) is 0 Å². The predicted molar refractivity (Wildman–Crippen MR) is 85.7 cm³/mol. The summed E-state index contributed by atoms with van der Waals surface area (Å²) in [5.41, 5.74) is 4.49. The van der Waals surface area contributed by atoms with Crippen LogP contribution in [-0.2, 0) is 0 Å². The molecule has 1 amide bonds. The van der Waals surface area contributed by atoms with Crippen LogP contribution < -0.4 is 5.43 Å². The lowest BCUT2D eigenvalue weighted by molar-refractivity contribution is 0.0955. The molecule has 114 valence electrons. The van der Waals surface area contributed by atoms with Crippen molar-refractivity contribution in [2.75, 3.05) is 0 Å². The van der Waals surface area contributed by atoms with Crippen LogP contribution in [0.4, 0.5) is 0 Å². The van der Waals surface area contributed by atoms with Crippen molar-refractivity contribution in [3.05, 3.63) is 71.0 Å². The number of tetrazole rings is 1. The molecule has 0 unspecified atom stereocenters. The Morgan fingerprint density at radius 3 is 2.74 bits per heavy atom. The lowest BCUT2D eigenvalue weighted by Crippen LogP contribution is -2.17. The number of carbonyl (C=O) groups is 1. The Kier molecular flexibility index (Phi) is 4.39. The molecule has 3 rings (SSSR count). The van der Waals surface area contributed by atoms with E-state index in [0.717, 1.165) is 11.3 Å². The molecule has 1 aromatic heterocycles. The molecule has 1 N–H and O–H groups in total. The van der Waals surface area contributed by atoms with Gasteiger partial charge in [-0.05, 0) is 52.4 Å². The fraction of sp³-hybridized carbons (Fsp3) is 0. The van der Waals surface area contributed by atoms with E-state index in [9.17, 15) is 4.79 Å². The van der Waals surface area contributed by atoms with Gasteiger partial charge in [0.05, 0.1) is 11.9 Å². The monoisotopic (exact) mass is 326 g/mol. The molecule has 2 aromatic carbocycles. The van der Waals surface area contributed by atoms with E-state index >= 15 is 0 Å². The summed E-state index contributed by atoms with van der Waals surface area (Å²) in [5, 5.41) is 15.4. The van der Waals surface area contributed by atoms with Crippen molar-refractivity contribution in [3.63, 3.8) is 0 Å². The second kappa shape index (κ2) is 6.80. The van der Waals surface area contributed by atoms with Crippen molar-refractivity contribution in [3.8, 4) is 5.69 Å². The Bertz CT molecular complexity index is 829. The molecule has 0 fully saturated rings. The zero-order valence-electron chi connectivity index (χ0n) is 11.8. The number of halogens is 1. The van der Waals surface area contributed by atoms with E-state index < -0.39 is 0 Å². The largest absolute Gasteiger partial charge is 0.271 e. The fourth-order valence-electron chi connectivity index (χ4n) is 1.86. The number of hydrazone groups is 1. The van der Waals surface area contributed by atoms with Crippen LogP contribution in [0.15, 0.2) is 60.0 Å². The molecular weight excluding hydrogens is 316 g/mol. The molecule has 8 heteroatoms. The second-order valence-corrected chi connectivity index (χ2v) is 4.99. The van der Waals surface area contributed by atoms with E-state index in [0.29, 0.717) is 10.6 Å². The Morgan fingerprint density at radius 1 is 1.22 bits per heavy atom. The number of rotatable bonds is 4. The minimum Gasteiger partial charge on any atom is -0.267 e. The maximum Gasteiger partial charge on any atom is 0.271 e. The summed E-state index contributed by atoms with van der Waals surface area (Å²) in [4.78, 5) is 12.0. The lowest BCUT2D eigenvalue weighted by Gasteiger charge is -2.02. The van der Waals surface area contributed by atoms with Crippen LogP contribution in [0.1, 0.15) is 15.9 Å². The van der Waals surface area contributed by atoms with Crippen LogP contribution >= 0.6 is 11.6 Å². The number of hydrogen-bond donors (Lipinski definition) is 1. The average molecular weight is 327 g/mol. The first-order chi connectivity index (χ1) is 11.2. The van der Waals surface area contributed by atoms with E-state index in [2.05, 4.69) is 26.1 Å². The third-order valence-electron chi connectivity index (χ3n) is 2.97. The summed E-state index contributed by atoms with van der Waals surface area (Å²) in [7, 11) is 0. The number of amides is 1. The highest BCUT2D eigenvalue weighted by molar-refractivity contribution is 6.30. The number of nitrogens with one attached hydrogen (secondary N) is 1. The zero-order valence-corrected chi connectivity index (χ0v) is 12.6. The molecule has 23 heavy (non-hydrogen) atoms. The predicted octanol–water partition coefficient (Wildman–Crippen LogP) is 2.08. The van der Waals surface area contributed by atoms with Crippen LogP contribution in [0.25, 0.3) is 5.69 Å². The number of hydrogen-bond acceptors (Lipinski definition) is 5. The average Bonchev–Trinajstić information content (AvgIpc) is 3.09. The minimum atomic E-state index is -0.313. The molecule has 0 bridgehead atoms. The SMILES string of the molecule is O=C(N/N=C/c1cccc(Cl)c1)c1ccc(-n2cnnn2)cc1. The van der Waals surface area contributed by atoms with Crippen molar-refractivity contribution in [2.24, 2.45) is 5.10 Å². The highest BCUT2D eigenvalue weighted by atomic mass is 35.5. The van der Waals surface area contributed by atoms with Crippen molar-refractivity contribution in [2.45, 2.75) is 0 Å². The normalized spacial score (nSPS) is 10.8. The molecule has 0 saturated heterocycles. The van der Waals surface area contributed by atoms with Crippen molar-refractivity contribution < 1.29 is 4.79 Å². The zero-order chi connectivity index (χ0) is 16.1. The van der Waals surface area contributed by atoms with E-state index in [1.54, 1.807) is 36.4 Å². The molecule has 0 atom stereocenters. The standard InChI is InChI=1S/C15H11ClN6O/c16-13-3-1-2-11(8-13)9-17-19-15(23)12-4-6-14(7-5-12)22-10-18-20-21-22/h1-10H,(H,19,23)/b17-9+. The summed E-state index contributed by atoms with van der Waals surface area (Å²) >= 11 is 5.87. The Labute approximate surface area is 136 Å². The van der Waals surface area contributed by atoms with Gasteiger partial charge in [-0.15, -0.1) is 5.10 Å². The van der Waals surface area contributed by atoms with Gasteiger partial charge in [0.25, 0.3) is 5.91 Å². The molecular formula is C15H11ClN6O. The Hall–Kier alpha value is -3.06. The molecule has 0 aliphatic heterocycles. The van der Waals surface area contributed by atoms with Gasteiger partial charge in [-0.1, -0.05) is 23.7 Å². The fourth-order valence-corrected chi connectivity index (χ4v) is 2.06. The van der Waals surface area contributed by atoms with E-state index in [4.69, 9.17) is 11.6 Å². The van der Waals surface area contributed by atoms with E-state index in [-0.39, 0.29) is 5.91 Å². The Balaban J connectivity index is 1.64. The number of nitrogens with zero attached hydrogens (tertiary/aromatic N) is 5. The summed E-state index contributed by atoms with van der Waals surface area (Å²) < 4.78 is 1.50. The summed E-state index contributed by atoms with van der Waals surface area (Å²) in [6.07, 6.45) is 3.00. The minimum absolute atomic E-state index is 0.313. The van der Waals surface area contributed by atoms with E-state index in [1.807, 2.05) is 12.1 Å². The van der Waals surface area contributed by atoms with Crippen LogP contribution in [0.5, 0.6) is 0 Å². The maximum absolute atomic E-state index is 12.0. The molecule has 0 saturated carbocycles. The van der Waals surface area contributed by atoms with Gasteiger partial charge < -0.3 is 0 Å². The molecule has 1 heterocycles. The number of carbonyl (C=O) groups excluding carboxylic acids is 1. The van der Waals surface area contributed by atoms with Gasteiger partial charge in [-0.3, -0.25) is 4.79 Å². The first-order valence-electron chi connectivity index (χ1n) is 6.65. The summed E-state index contributed by atoms with van der Waals surface area (Å²) in [6, 6.07) is 14.0. The smallest absolute Gasteiger partial charge is 0.267 e. The van der Waals surface area contributed by atoms with Gasteiger partial charge in [-0.25, -0.2) is 10.1 Å². The summed E-state index contributed by atoms with van der Waals surface area (Å²) in [5.74, 6) is -0.313. The van der Waals surface area contributed by atoms with Gasteiger partial charge in [0, 0.05) is 10.6 Å². The second-order valence-electron chi connectivity index (χ2n) is 4.56. The number of benzene rings is 2. The van der Waals surface area contributed by atoms with Gasteiger partial charge >= 0.3 is 0 Å². The quantitative estimate of drug-likeness (QED) is 0.587. The third-order valence-corrected chi connectivity index (χ3v) is 3.21. The van der Waals surface area contributed by atoms with E-state index in [1.165, 1.54) is 17.2 Å². The number of aromatic nitrogens is 4. The molecule has 0 radical (unpaired) electrons. The molecule has 0 aliphatic carbocycles. The van der Waals surface area contributed by atoms with Crippen LogP contribution in [-0.4, -0.2) is 32.3 Å². The van der Waals surface area contributed by atoms with Gasteiger partial charge in [0.2, 0.25) is 0 Å².